The summed E-state index contributed by atoms with van der Waals surface area (Å²) in [5, 5.41) is 13.3. The monoisotopic (exact) mass is 274 g/mol. The van der Waals surface area contributed by atoms with E-state index in [-0.39, 0.29) is 0 Å². The second-order valence-corrected chi connectivity index (χ2v) is 6.42. The van der Waals surface area contributed by atoms with E-state index in [0.29, 0.717) is 24.8 Å². The Kier molecular flexibility index (Phi) is 3.93. The van der Waals surface area contributed by atoms with Crippen molar-refractivity contribution >= 4 is 10.2 Å². The second-order valence-electron chi connectivity index (χ2n) is 4.72. The minimum Gasteiger partial charge on any atom is -0.195 e. The van der Waals surface area contributed by atoms with Crippen molar-refractivity contribution in [3.05, 3.63) is 5.82 Å². The zero-order valence-electron chi connectivity index (χ0n) is 10.5. The fraction of sp³-hybridized carbons (Fsp3) is 0.889. The molecule has 9 heteroatoms. The summed E-state index contributed by atoms with van der Waals surface area (Å²) in [7, 11) is -3.48. The number of tetrazole rings is 1. The lowest BCUT2D eigenvalue weighted by Crippen LogP contribution is -2.46. The summed E-state index contributed by atoms with van der Waals surface area (Å²) in [6.45, 7) is 4.88. The van der Waals surface area contributed by atoms with Crippen molar-refractivity contribution in [2.45, 2.75) is 32.7 Å². The third-order valence-electron chi connectivity index (χ3n) is 3.03. The van der Waals surface area contributed by atoms with E-state index in [2.05, 4.69) is 32.3 Å². The van der Waals surface area contributed by atoms with Gasteiger partial charge in [-0.3, -0.25) is 0 Å². The highest BCUT2D eigenvalue weighted by Gasteiger charge is 2.29. The molecule has 2 unspecified atom stereocenters. The van der Waals surface area contributed by atoms with Crippen LogP contribution in [0.2, 0.25) is 0 Å². The fourth-order valence-electron chi connectivity index (χ4n) is 2.07. The van der Waals surface area contributed by atoms with Crippen LogP contribution in [0.25, 0.3) is 0 Å². The number of nitrogens with zero attached hydrogens (tertiary/aromatic N) is 4. The van der Waals surface area contributed by atoms with Crippen molar-refractivity contribution in [3.63, 3.8) is 0 Å². The van der Waals surface area contributed by atoms with Crippen LogP contribution in [0.1, 0.15) is 38.6 Å². The molecule has 0 spiro atoms. The van der Waals surface area contributed by atoms with Gasteiger partial charge in [0.2, 0.25) is 0 Å². The van der Waals surface area contributed by atoms with Crippen molar-refractivity contribution < 1.29 is 8.42 Å². The molecule has 1 aliphatic heterocycles. The maximum absolute atomic E-state index is 12.2. The molecule has 1 fully saturated rings. The molecule has 0 aromatic carbocycles. The predicted molar refractivity (Wildman–Crippen MR) is 64.6 cm³/mol. The van der Waals surface area contributed by atoms with Crippen LogP contribution in [0.5, 0.6) is 0 Å². The van der Waals surface area contributed by atoms with Gasteiger partial charge >= 0.3 is 0 Å². The Balaban J connectivity index is 2.02. The largest absolute Gasteiger partial charge is 0.280 e. The van der Waals surface area contributed by atoms with Gasteiger partial charge in [-0.15, -0.1) is 10.2 Å². The average molecular weight is 274 g/mol. The van der Waals surface area contributed by atoms with Crippen LogP contribution in [0.3, 0.4) is 0 Å². The van der Waals surface area contributed by atoms with Gasteiger partial charge < -0.3 is 0 Å². The standard InChI is InChI=1S/C9H18N6O2S/c1-7-4-3-5-15(6-7)18(16,17)12-8(2)9-10-13-14-11-9/h7-8,12H,3-6H2,1-2H3,(H,10,11,13,14). The van der Waals surface area contributed by atoms with Crippen molar-refractivity contribution in [1.29, 1.82) is 0 Å². The summed E-state index contributed by atoms with van der Waals surface area (Å²) in [5.41, 5.74) is 0. The van der Waals surface area contributed by atoms with Gasteiger partial charge in [-0.1, -0.05) is 12.1 Å². The first-order chi connectivity index (χ1) is 8.49. The highest BCUT2D eigenvalue weighted by molar-refractivity contribution is 7.87. The Hall–Kier alpha value is -1.06. The molecule has 2 heterocycles. The molecule has 0 amide bonds. The smallest absolute Gasteiger partial charge is 0.195 e. The van der Waals surface area contributed by atoms with Crippen LogP contribution in [0, 0.1) is 5.92 Å². The van der Waals surface area contributed by atoms with Gasteiger partial charge in [-0.2, -0.15) is 22.7 Å². The number of H-pyrrole nitrogens is 1. The number of hydrogen-bond acceptors (Lipinski definition) is 5. The Morgan fingerprint density at radius 3 is 2.94 bits per heavy atom. The Bertz CT molecular complexity index is 473. The summed E-state index contributed by atoms with van der Waals surface area (Å²) < 4.78 is 28.4. The van der Waals surface area contributed by atoms with Crippen LogP contribution < -0.4 is 4.72 Å². The molecule has 0 radical (unpaired) electrons. The van der Waals surface area contributed by atoms with Gasteiger partial charge in [0.15, 0.2) is 5.82 Å². The van der Waals surface area contributed by atoms with E-state index in [1.54, 1.807) is 6.92 Å². The lowest BCUT2D eigenvalue weighted by molar-refractivity contribution is 0.277. The minimum absolute atomic E-state index is 0.337. The molecule has 1 aromatic heterocycles. The molecule has 2 atom stereocenters. The normalized spacial score (nSPS) is 24.0. The zero-order chi connectivity index (χ0) is 13.2. The molecule has 18 heavy (non-hydrogen) atoms. The molecule has 0 saturated carbocycles. The van der Waals surface area contributed by atoms with Crippen molar-refractivity contribution in [3.8, 4) is 0 Å². The van der Waals surface area contributed by atoms with Gasteiger partial charge in [0.1, 0.15) is 0 Å². The minimum atomic E-state index is -3.48. The highest BCUT2D eigenvalue weighted by atomic mass is 32.2. The first kappa shape index (κ1) is 13.4. The first-order valence-corrected chi connectivity index (χ1v) is 7.44. The van der Waals surface area contributed by atoms with Crippen molar-refractivity contribution in [2.24, 2.45) is 5.92 Å². The quantitative estimate of drug-likeness (QED) is 0.793. The molecule has 1 aromatic rings. The molecular formula is C9H18N6O2S. The lowest BCUT2D eigenvalue weighted by Gasteiger charge is -2.30. The second kappa shape index (κ2) is 5.29. The van der Waals surface area contributed by atoms with Crippen LogP contribution >= 0.6 is 0 Å². The Morgan fingerprint density at radius 1 is 1.56 bits per heavy atom. The zero-order valence-corrected chi connectivity index (χ0v) is 11.3. The van der Waals surface area contributed by atoms with Gasteiger partial charge in [0.05, 0.1) is 6.04 Å². The van der Waals surface area contributed by atoms with E-state index >= 15 is 0 Å². The summed E-state index contributed by atoms with van der Waals surface area (Å²) in [5.74, 6) is 0.736. The lowest BCUT2D eigenvalue weighted by atomic mass is 10.0. The Labute approximate surface area is 106 Å². The molecule has 2 rings (SSSR count). The summed E-state index contributed by atoms with van der Waals surface area (Å²) in [6, 6.07) is -0.494. The third kappa shape index (κ3) is 3.03. The molecule has 2 N–H and O–H groups in total. The van der Waals surface area contributed by atoms with Gasteiger partial charge in [0, 0.05) is 13.1 Å². The molecule has 1 aliphatic rings. The van der Waals surface area contributed by atoms with E-state index in [0.717, 1.165) is 12.8 Å². The molecule has 1 saturated heterocycles. The first-order valence-electron chi connectivity index (χ1n) is 6.00. The van der Waals surface area contributed by atoms with Crippen LogP contribution in [0.15, 0.2) is 0 Å². The van der Waals surface area contributed by atoms with Gasteiger partial charge in [0.25, 0.3) is 10.2 Å². The third-order valence-corrected chi connectivity index (χ3v) is 4.70. The number of nitrogens with one attached hydrogen (secondary N) is 2. The van der Waals surface area contributed by atoms with E-state index in [1.807, 2.05) is 0 Å². The van der Waals surface area contributed by atoms with Crippen LogP contribution in [-0.4, -0.2) is 46.4 Å². The number of aromatic nitrogens is 4. The SMILES string of the molecule is CC1CCCN(S(=O)(=O)NC(C)c2nn[nH]n2)C1. The van der Waals surface area contributed by atoms with Gasteiger partial charge in [-0.05, 0) is 25.7 Å². The van der Waals surface area contributed by atoms with Gasteiger partial charge in [-0.25, -0.2) is 0 Å². The Morgan fingerprint density at radius 2 is 2.33 bits per heavy atom. The fourth-order valence-corrected chi connectivity index (χ4v) is 3.59. The van der Waals surface area contributed by atoms with Crippen LogP contribution in [0.4, 0.5) is 0 Å². The number of rotatable bonds is 4. The van der Waals surface area contributed by atoms with E-state index in [1.165, 1.54) is 4.31 Å². The summed E-state index contributed by atoms with van der Waals surface area (Å²) in [4.78, 5) is 0. The molecule has 8 nitrogen and oxygen atoms in total. The maximum Gasteiger partial charge on any atom is 0.280 e. The van der Waals surface area contributed by atoms with Crippen molar-refractivity contribution in [2.75, 3.05) is 13.1 Å². The number of aromatic amines is 1. The van der Waals surface area contributed by atoms with E-state index in [4.69, 9.17) is 0 Å². The average Bonchev–Trinajstić information content (AvgIpc) is 2.82. The molecule has 0 bridgehead atoms. The summed E-state index contributed by atoms with van der Waals surface area (Å²) >= 11 is 0. The van der Waals surface area contributed by atoms with Crippen molar-refractivity contribution in [1.82, 2.24) is 29.7 Å². The molecule has 0 aliphatic carbocycles. The topological polar surface area (TPSA) is 104 Å². The van der Waals surface area contributed by atoms with E-state index < -0.39 is 16.3 Å². The van der Waals surface area contributed by atoms with E-state index in [9.17, 15) is 8.42 Å². The van der Waals surface area contributed by atoms with Crippen LogP contribution in [-0.2, 0) is 10.2 Å². The molecule has 102 valence electrons. The summed E-state index contributed by atoms with van der Waals surface area (Å²) in [6.07, 6.45) is 1.98. The maximum atomic E-state index is 12.2. The molecular weight excluding hydrogens is 256 g/mol. The number of hydrogen-bond donors (Lipinski definition) is 2. The number of piperidine rings is 1. The predicted octanol–water partition coefficient (Wildman–Crippen LogP) is -0.173. The highest BCUT2D eigenvalue weighted by Crippen LogP contribution is 2.19.